The van der Waals surface area contributed by atoms with E-state index in [4.69, 9.17) is 0 Å². The van der Waals surface area contributed by atoms with Crippen LogP contribution in [0.2, 0.25) is 0 Å². The average Bonchev–Trinajstić information content (AvgIpc) is 2.81. The number of nitrogens with zero attached hydrogens (tertiary/aromatic N) is 4. The highest BCUT2D eigenvalue weighted by atomic mass is 15.4. The quantitative estimate of drug-likeness (QED) is 0.792. The van der Waals surface area contributed by atoms with Crippen LogP contribution < -0.4 is 0 Å². The number of aromatic nitrogens is 3. The molecule has 0 unspecified atom stereocenters. The normalized spacial score (nSPS) is 37.9. The maximum Gasteiger partial charge on any atom is 0.186 e. The molecule has 4 fully saturated rings. The first-order chi connectivity index (χ1) is 9.74. The van der Waals surface area contributed by atoms with Gasteiger partial charge in [0.1, 0.15) is 6.07 Å². The van der Waals surface area contributed by atoms with Crippen LogP contribution in [0.15, 0.2) is 12.7 Å². The molecule has 4 nitrogen and oxygen atoms in total. The molecule has 4 aliphatic carbocycles. The SMILES string of the molecule is C=CCn1nnc(C#N)c1C12CC3CC(CC(C3)C1)C2. The Bertz CT molecular complexity index is 557. The molecule has 0 spiro atoms. The maximum atomic E-state index is 9.41. The molecule has 0 saturated heterocycles. The van der Waals surface area contributed by atoms with Crippen LogP contribution in [0.5, 0.6) is 0 Å². The van der Waals surface area contributed by atoms with Crippen LogP contribution in [0.3, 0.4) is 0 Å². The van der Waals surface area contributed by atoms with E-state index in [2.05, 4.69) is 23.0 Å². The monoisotopic (exact) mass is 268 g/mol. The smallest absolute Gasteiger partial charge is 0.186 e. The zero-order chi connectivity index (χ0) is 13.7. The minimum Gasteiger partial charge on any atom is -0.244 e. The minimum absolute atomic E-state index is 0.173. The number of nitriles is 1. The third-order valence-electron chi connectivity index (χ3n) is 5.68. The molecule has 0 atom stereocenters. The fourth-order valence-electron chi connectivity index (χ4n) is 5.56. The predicted octanol–water partition coefficient (Wildman–Crippen LogP) is 2.80. The Balaban J connectivity index is 1.82. The molecule has 1 heterocycles. The lowest BCUT2D eigenvalue weighted by Crippen LogP contribution is -2.49. The molecule has 1 aromatic rings. The first kappa shape index (κ1) is 12.1. The number of rotatable bonds is 3. The lowest BCUT2D eigenvalue weighted by Gasteiger charge is -2.56. The number of allylic oxidation sites excluding steroid dienone is 1. The summed E-state index contributed by atoms with van der Waals surface area (Å²) < 4.78 is 1.93. The van der Waals surface area contributed by atoms with Gasteiger partial charge in [0.2, 0.25) is 0 Å². The molecule has 20 heavy (non-hydrogen) atoms. The molecule has 4 aliphatic rings. The van der Waals surface area contributed by atoms with E-state index in [-0.39, 0.29) is 5.41 Å². The molecule has 0 amide bonds. The van der Waals surface area contributed by atoms with Gasteiger partial charge in [-0.05, 0) is 56.3 Å². The van der Waals surface area contributed by atoms with E-state index in [0.29, 0.717) is 12.2 Å². The van der Waals surface area contributed by atoms with Crippen LogP contribution in [-0.4, -0.2) is 15.0 Å². The summed E-state index contributed by atoms with van der Waals surface area (Å²) in [6.07, 6.45) is 9.77. The third-order valence-corrected chi connectivity index (χ3v) is 5.68. The first-order valence-electron chi connectivity index (χ1n) is 7.69. The summed E-state index contributed by atoms with van der Waals surface area (Å²) in [5, 5.41) is 17.7. The van der Waals surface area contributed by atoms with Crippen molar-refractivity contribution >= 4 is 0 Å². The van der Waals surface area contributed by atoms with Crippen LogP contribution >= 0.6 is 0 Å². The van der Waals surface area contributed by atoms with Gasteiger partial charge >= 0.3 is 0 Å². The van der Waals surface area contributed by atoms with Crippen LogP contribution in [0.4, 0.5) is 0 Å². The van der Waals surface area contributed by atoms with Gasteiger partial charge < -0.3 is 0 Å². The molecule has 4 heteroatoms. The molecule has 4 saturated carbocycles. The fourth-order valence-corrected chi connectivity index (χ4v) is 5.56. The van der Waals surface area contributed by atoms with Crippen molar-refractivity contribution in [3.63, 3.8) is 0 Å². The zero-order valence-electron chi connectivity index (χ0n) is 11.8. The molecule has 4 bridgehead atoms. The zero-order valence-corrected chi connectivity index (χ0v) is 11.8. The van der Waals surface area contributed by atoms with Crippen LogP contribution in [0.25, 0.3) is 0 Å². The van der Waals surface area contributed by atoms with Crippen molar-refractivity contribution < 1.29 is 0 Å². The molecule has 5 rings (SSSR count). The topological polar surface area (TPSA) is 54.5 Å². The highest BCUT2D eigenvalue weighted by Crippen LogP contribution is 2.60. The van der Waals surface area contributed by atoms with Gasteiger partial charge in [-0.25, -0.2) is 4.68 Å². The van der Waals surface area contributed by atoms with Crippen molar-refractivity contribution in [3.05, 3.63) is 24.0 Å². The van der Waals surface area contributed by atoms with Gasteiger partial charge in [-0.3, -0.25) is 0 Å². The summed E-state index contributed by atoms with van der Waals surface area (Å²) >= 11 is 0. The highest BCUT2D eigenvalue weighted by Gasteiger charge is 2.54. The molecular formula is C16H20N4. The van der Waals surface area contributed by atoms with Gasteiger partial charge in [0, 0.05) is 5.41 Å². The summed E-state index contributed by atoms with van der Waals surface area (Å²) in [6, 6.07) is 2.27. The van der Waals surface area contributed by atoms with Gasteiger partial charge in [0.05, 0.1) is 12.2 Å². The second-order valence-corrected chi connectivity index (χ2v) is 7.07. The van der Waals surface area contributed by atoms with Gasteiger partial charge in [-0.15, -0.1) is 11.7 Å². The summed E-state index contributed by atoms with van der Waals surface area (Å²) in [5.74, 6) is 2.58. The number of hydrogen-bond donors (Lipinski definition) is 0. The summed E-state index contributed by atoms with van der Waals surface area (Å²) in [7, 11) is 0. The number of hydrogen-bond acceptors (Lipinski definition) is 3. The highest BCUT2D eigenvalue weighted by molar-refractivity contribution is 5.34. The second kappa shape index (κ2) is 4.18. The van der Waals surface area contributed by atoms with E-state index in [1.807, 2.05) is 10.8 Å². The Morgan fingerprint density at radius 2 is 1.85 bits per heavy atom. The Kier molecular flexibility index (Phi) is 2.54. The van der Waals surface area contributed by atoms with Crippen LogP contribution in [-0.2, 0) is 12.0 Å². The molecule has 104 valence electrons. The van der Waals surface area contributed by atoms with E-state index < -0.39 is 0 Å². The molecular weight excluding hydrogens is 248 g/mol. The largest absolute Gasteiger partial charge is 0.244 e. The van der Waals surface area contributed by atoms with Crippen molar-refractivity contribution in [3.8, 4) is 6.07 Å². The lowest BCUT2D eigenvalue weighted by molar-refractivity contribution is -0.00923. The van der Waals surface area contributed by atoms with Crippen molar-refractivity contribution in [1.82, 2.24) is 15.0 Å². The Morgan fingerprint density at radius 1 is 1.25 bits per heavy atom. The lowest BCUT2D eigenvalue weighted by atomic mass is 9.48. The molecule has 0 radical (unpaired) electrons. The molecule has 1 aromatic heterocycles. The van der Waals surface area contributed by atoms with Crippen molar-refractivity contribution in [2.24, 2.45) is 17.8 Å². The Labute approximate surface area is 119 Å². The molecule has 0 aromatic carbocycles. The van der Waals surface area contributed by atoms with Crippen molar-refractivity contribution in [2.45, 2.75) is 50.5 Å². The average molecular weight is 268 g/mol. The molecule has 0 N–H and O–H groups in total. The standard InChI is InChI=1S/C16H20N4/c1-2-3-20-15(14(10-17)18-19-20)16-7-11-4-12(8-16)6-13(5-11)9-16/h2,11-13H,1,3-9H2. The van der Waals surface area contributed by atoms with E-state index in [1.54, 1.807) is 0 Å². The summed E-state index contributed by atoms with van der Waals surface area (Å²) in [4.78, 5) is 0. The first-order valence-corrected chi connectivity index (χ1v) is 7.69. The van der Waals surface area contributed by atoms with Gasteiger partial charge in [-0.1, -0.05) is 11.3 Å². The van der Waals surface area contributed by atoms with E-state index >= 15 is 0 Å². The third kappa shape index (κ3) is 1.59. The second-order valence-electron chi connectivity index (χ2n) is 7.07. The molecule has 0 aliphatic heterocycles. The van der Waals surface area contributed by atoms with Crippen molar-refractivity contribution in [1.29, 1.82) is 5.26 Å². The van der Waals surface area contributed by atoms with E-state index in [1.165, 1.54) is 38.5 Å². The fraction of sp³-hybridized carbons (Fsp3) is 0.688. The van der Waals surface area contributed by atoms with Gasteiger partial charge in [0.25, 0.3) is 0 Å². The van der Waals surface area contributed by atoms with Crippen molar-refractivity contribution in [2.75, 3.05) is 0 Å². The van der Waals surface area contributed by atoms with Gasteiger partial charge in [-0.2, -0.15) is 5.26 Å². The maximum absolute atomic E-state index is 9.41. The predicted molar refractivity (Wildman–Crippen MR) is 74.8 cm³/mol. The summed E-state index contributed by atoms with van der Waals surface area (Å²) in [5.41, 5.74) is 1.83. The van der Waals surface area contributed by atoms with Gasteiger partial charge in [0.15, 0.2) is 5.69 Å². The van der Waals surface area contributed by atoms with E-state index in [0.717, 1.165) is 23.4 Å². The Morgan fingerprint density at radius 3 is 2.35 bits per heavy atom. The van der Waals surface area contributed by atoms with Crippen LogP contribution in [0.1, 0.15) is 49.9 Å². The minimum atomic E-state index is 0.173. The summed E-state index contributed by atoms with van der Waals surface area (Å²) in [6.45, 7) is 4.47. The van der Waals surface area contributed by atoms with E-state index in [9.17, 15) is 5.26 Å². The Hall–Kier alpha value is -1.63. The van der Waals surface area contributed by atoms with Crippen LogP contribution in [0, 0.1) is 29.1 Å².